The first-order chi connectivity index (χ1) is 11.2. The van der Waals surface area contributed by atoms with Crippen molar-refractivity contribution in [2.24, 2.45) is 5.92 Å². The first-order valence-corrected chi connectivity index (χ1v) is 8.15. The van der Waals surface area contributed by atoms with Crippen molar-refractivity contribution in [1.29, 1.82) is 0 Å². The molecule has 124 valence electrons. The van der Waals surface area contributed by atoms with E-state index in [-0.39, 0.29) is 24.5 Å². The summed E-state index contributed by atoms with van der Waals surface area (Å²) in [6, 6.07) is 0.124. The molecule has 0 bridgehead atoms. The Kier molecular flexibility index (Phi) is 4.76. The van der Waals surface area contributed by atoms with Gasteiger partial charge in [-0.15, -0.1) is 0 Å². The molecule has 2 heterocycles. The third kappa shape index (κ3) is 3.29. The minimum absolute atomic E-state index is 0.124. The smallest absolute Gasteiger partial charge is 0.247 e. The Bertz CT molecular complexity index is 697. The zero-order chi connectivity index (χ0) is 16.2. The number of nitrogens with zero attached hydrogens (tertiary/aromatic N) is 4. The van der Waals surface area contributed by atoms with Gasteiger partial charge in [0.25, 0.3) is 0 Å². The summed E-state index contributed by atoms with van der Waals surface area (Å²) < 4.78 is 7.73. The topological polar surface area (TPSA) is 99.1 Å². The Morgan fingerprint density at radius 2 is 2.22 bits per heavy atom. The van der Waals surface area contributed by atoms with Gasteiger partial charge in [-0.2, -0.15) is 9.97 Å². The molecular weight excluding hydrogens is 294 g/mol. The van der Waals surface area contributed by atoms with E-state index in [0.29, 0.717) is 23.7 Å². The molecule has 0 saturated heterocycles. The van der Waals surface area contributed by atoms with Crippen LogP contribution in [0.15, 0.2) is 18.5 Å². The largest absolute Gasteiger partial charge is 0.476 e. The second kappa shape index (κ2) is 6.95. The number of nitrogens with two attached hydrogens (primary N) is 1. The van der Waals surface area contributed by atoms with Gasteiger partial charge < -0.3 is 20.1 Å². The van der Waals surface area contributed by atoms with Crippen LogP contribution in [0.2, 0.25) is 0 Å². The summed E-state index contributed by atoms with van der Waals surface area (Å²) in [5, 5.41) is 9.28. The second-order valence-corrected chi connectivity index (χ2v) is 5.90. The minimum atomic E-state index is 0.124. The van der Waals surface area contributed by atoms with Gasteiger partial charge >= 0.3 is 0 Å². The molecule has 2 aromatic rings. The fraction of sp³-hybridized carbons (Fsp3) is 0.562. The molecule has 3 rings (SSSR count). The number of fused-ring (bicyclic) bond motifs is 1. The fourth-order valence-electron chi connectivity index (χ4n) is 2.87. The molecule has 3 N–H and O–H groups in total. The van der Waals surface area contributed by atoms with Gasteiger partial charge in [-0.1, -0.05) is 31.9 Å². The maximum atomic E-state index is 9.28. The van der Waals surface area contributed by atoms with Crippen LogP contribution in [-0.4, -0.2) is 37.8 Å². The number of ether oxygens (including phenoxy) is 1. The van der Waals surface area contributed by atoms with Crippen LogP contribution < -0.4 is 10.5 Å². The molecule has 23 heavy (non-hydrogen) atoms. The van der Waals surface area contributed by atoms with E-state index in [1.807, 2.05) is 10.6 Å². The van der Waals surface area contributed by atoms with E-state index in [9.17, 15) is 5.11 Å². The molecule has 0 aliphatic heterocycles. The molecule has 1 aliphatic carbocycles. The number of nitrogen functional groups attached to an aromatic ring is 1. The molecule has 2 aromatic heterocycles. The van der Waals surface area contributed by atoms with Gasteiger partial charge in [0.1, 0.15) is 0 Å². The van der Waals surface area contributed by atoms with Gasteiger partial charge in [0, 0.05) is 12.5 Å². The maximum absolute atomic E-state index is 9.28. The highest BCUT2D eigenvalue weighted by molar-refractivity contribution is 5.77. The number of allylic oxidation sites excluding steroid dienone is 1. The molecule has 7 nitrogen and oxygen atoms in total. The third-order valence-corrected chi connectivity index (χ3v) is 4.13. The van der Waals surface area contributed by atoms with Crippen LogP contribution in [0, 0.1) is 5.92 Å². The Labute approximate surface area is 135 Å². The van der Waals surface area contributed by atoms with Gasteiger partial charge in [-0.3, -0.25) is 0 Å². The lowest BCUT2D eigenvalue weighted by molar-refractivity contribution is 0.244. The van der Waals surface area contributed by atoms with Gasteiger partial charge in [0.15, 0.2) is 11.2 Å². The summed E-state index contributed by atoms with van der Waals surface area (Å²) >= 11 is 0. The molecule has 0 saturated carbocycles. The fourth-order valence-corrected chi connectivity index (χ4v) is 2.87. The number of unbranched alkanes of at least 4 members (excludes halogenated alkanes) is 2. The highest BCUT2D eigenvalue weighted by Gasteiger charge is 2.23. The number of aromatic nitrogens is 4. The van der Waals surface area contributed by atoms with Gasteiger partial charge in [0.05, 0.1) is 19.0 Å². The first-order valence-electron chi connectivity index (χ1n) is 8.15. The van der Waals surface area contributed by atoms with Gasteiger partial charge in [-0.05, 0) is 12.8 Å². The molecule has 2 atom stereocenters. The summed E-state index contributed by atoms with van der Waals surface area (Å²) in [6.45, 7) is 2.90. The van der Waals surface area contributed by atoms with Crippen molar-refractivity contribution in [2.75, 3.05) is 18.9 Å². The standard InChI is InChI=1S/C16H23N5O2/c1-2-3-4-7-23-15-13-14(19-16(17)20-15)21(10-18-13)12-6-5-11(8-12)9-22/h5-6,10-12,22H,2-4,7-9H2,1H3,(H2,17,19,20)/t11-,12+/m0/s1. The Morgan fingerprint density at radius 3 is 2.96 bits per heavy atom. The van der Waals surface area contributed by atoms with Crippen LogP contribution in [-0.2, 0) is 0 Å². The Hall–Kier alpha value is -2.15. The number of aliphatic hydroxyl groups is 1. The van der Waals surface area contributed by atoms with Gasteiger partial charge in [-0.25, -0.2) is 4.98 Å². The van der Waals surface area contributed by atoms with E-state index < -0.39 is 0 Å². The average Bonchev–Trinajstić information content (AvgIpc) is 3.17. The molecular formula is C16H23N5O2. The number of rotatable bonds is 7. The minimum Gasteiger partial charge on any atom is -0.476 e. The zero-order valence-electron chi connectivity index (χ0n) is 13.4. The van der Waals surface area contributed by atoms with Crippen molar-refractivity contribution in [2.45, 2.75) is 38.6 Å². The van der Waals surface area contributed by atoms with E-state index in [1.165, 1.54) is 0 Å². The number of imidazole rings is 1. The number of anilines is 1. The quantitative estimate of drug-likeness (QED) is 0.599. The second-order valence-electron chi connectivity index (χ2n) is 5.90. The highest BCUT2D eigenvalue weighted by Crippen LogP contribution is 2.31. The van der Waals surface area contributed by atoms with E-state index in [0.717, 1.165) is 25.7 Å². The van der Waals surface area contributed by atoms with Crippen LogP contribution in [0.5, 0.6) is 5.88 Å². The van der Waals surface area contributed by atoms with Crippen LogP contribution in [0.25, 0.3) is 11.2 Å². The van der Waals surface area contributed by atoms with Crippen molar-refractivity contribution in [1.82, 2.24) is 19.5 Å². The predicted molar refractivity (Wildman–Crippen MR) is 88.1 cm³/mol. The van der Waals surface area contributed by atoms with Crippen molar-refractivity contribution in [3.05, 3.63) is 18.5 Å². The number of hydrogen-bond donors (Lipinski definition) is 2. The van der Waals surface area contributed by atoms with Crippen molar-refractivity contribution in [3.63, 3.8) is 0 Å². The summed E-state index contributed by atoms with van der Waals surface area (Å²) in [7, 11) is 0. The molecule has 1 aliphatic rings. The van der Waals surface area contributed by atoms with Crippen molar-refractivity contribution >= 4 is 17.1 Å². The van der Waals surface area contributed by atoms with Crippen molar-refractivity contribution < 1.29 is 9.84 Å². The molecule has 0 fully saturated rings. The summed E-state index contributed by atoms with van der Waals surface area (Å²) in [5.41, 5.74) is 7.15. The highest BCUT2D eigenvalue weighted by atomic mass is 16.5. The Morgan fingerprint density at radius 1 is 1.35 bits per heavy atom. The maximum Gasteiger partial charge on any atom is 0.247 e. The average molecular weight is 317 g/mol. The predicted octanol–water partition coefficient (Wildman–Crippen LogP) is 2.09. The molecule has 0 amide bonds. The van der Waals surface area contributed by atoms with Crippen molar-refractivity contribution in [3.8, 4) is 5.88 Å². The van der Waals surface area contributed by atoms with E-state index >= 15 is 0 Å². The molecule has 0 unspecified atom stereocenters. The van der Waals surface area contributed by atoms with E-state index in [1.54, 1.807) is 6.33 Å². The number of hydrogen-bond acceptors (Lipinski definition) is 6. The summed E-state index contributed by atoms with van der Waals surface area (Å²) in [5.74, 6) is 0.815. The SMILES string of the molecule is CCCCCOc1nc(N)nc2c1ncn2[C@@H]1C=C[C@H](CO)C1. The monoisotopic (exact) mass is 317 g/mol. The van der Waals surface area contributed by atoms with Gasteiger partial charge in [0.2, 0.25) is 11.8 Å². The molecule has 7 heteroatoms. The summed E-state index contributed by atoms with van der Waals surface area (Å²) in [6.07, 6.45) is 9.91. The lowest BCUT2D eigenvalue weighted by atomic mass is 10.1. The molecule has 0 aromatic carbocycles. The van der Waals surface area contributed by atoms with E-state index in [2.05, 4.69) is 28.0 Å². The van der Waals surface area contributed by atoms with Crippen LogP contribution >= 0.6 is 0 Å². The Balaban J connectivity index is 1.85. The van der Waals surface area contributed by atoms with Crippen LogP contribution in [0.3, 0.4) is 0 Å². The van der Waals surface area contributed by atoms with Crippen LogP contribution in [0.4, 0.5) is 5.95 Å². The lowest BCUT2D eigenvalue weighted by Crippen LogP contribution is -2.09. The van der Waals surface area contributed by atoms with E-state index in [4.69, 9.17) is 10.5 Å². The zero-order valence-corrected chi connectivity index (χ0v) is 13.4. The number of aliphatic hydroxyl groups excluding tert-OH is 1. The van der Waals surface area contributed by atoms with Crippen LogP contribution in [0.1, 0.15) is 38.6 Å². The molecule has 0 spiro atoms. The summed E-state index contributed by atoms with van der Waals surface area (Å²) in [4.78, 5) is 12.9. The normalized spacial score (nSPS) is 20.4. The lowest BCUT2D eigenvalue weighted by Gasteiger charge is -2.13. The molecule has 0 radical (unpaired) electrons. The third-order valence-electron chi connectivity index (χ3n) is 4.13. The first kappa shape index (κ1) is 15.7.